The number of benzene rings is 1. The summed E-state index contributed by atoms with van der Waals surface area (Å²) in [6, 6.07) is 3.15. The third-order valence-electron chi connectivity index (χ3n) is 4.70. The molecule has 3 nitrogen and oxygen atoms in total. The molecular formula is C16H14FNO2. The Balaban J connectivity index is 2.18. The molecule has 1 heterocycles. The summed E-state index contributed by atoms with van der Waals surface area (Å²) in [6.45, 7) is 1.77. The molecule has 0 saturated heterocycles. The van der Waals surface area contributed by atoms with E-state index in [1.165, 1.54) is 6.07 Å². The molecule has 0 amide bonds. The quantitative estimate of drug-likeness (QED) is 0.859. The van der Waals surface area contributed by atoms with Gasteiger partial charge in [0, 0.05) is 17.0 Å². The van der Waals surface area contributed by atoms with Crippen LogP contribution in [0.3, 0.4) is 0 Å². The van der Waals surface area contributed by atoms with Crippen molar-refractivity contribution in [2.75, 3.05) is 0 Å². The number of nitrogens with zero attached hydrogens (tertiary/aromatic N) is 1. The highest BCUT2D eigenvalue weighted by Gasteiger charge is 2.41. The average Bonchev–Trinajstić information content (AvgIpc) is 2.97. The summed E-state index contributed by atoms with van der Waals surface area (Å²) in [5.74, 6) is -0.779. The number of rotatable bonds is 1. The first-order valence-electron chi connectivity index (χ1n) is 6.93. The highest BCUT2D eigenvalue weighted by atomic mass is 19.1. The molecule has 1 saturated carbocycles. The molecule has 102 valence electrons. The summed E-state index contributed by atoms with van der Waals surface area (Å²) in [7, 11) is 0. The topological polar surface area (TPSA) is 50.2 Å². The van der Waals surface area contributed by atoms with Crippen molar-refractivity contribution in [1.82, 2.24) is 4.98 Å². The van der Waals surface area contributed by atoms with Crippen LogP contribution < -0.4 is 0 Å². The van der Waals surface area contributed by atoms with Gasteiger partial charge in [0.1, 0.15) is 11.3 Å². The van der Waals surface area contributed by atoms with Crippen LogP contribution in [0.5, 0.6) is 0 Å². The van der Waals surface area contributed by atoms with E-state index >= 15 is 0 Å². The lowest BCUT2D eigenvalue weighted by Gasteiger charge is -2.18. The lowest BCUT2D eigenvalue weighted by molar-refractivity contribution is 0.0697. The van der Waals surface area contributed by atoms with Crippen molar-refractivity contribution in [3.05, 3.63) is 40.3 Å². The van der Waals surface area contributed by atoms with Crippen molar-refractivity contribution < 1.29 is 14.3 Å². The Morgan fingerprint density at radius 2 is 2.10 bits per heavy atom. The minimum Gasteiger partial charge on any atom is -0.478 e. The Morgan fingerprint density at radius 1 is 1.35 bits per heavy atom. The third-order valence-corrected chi connectivity index (χ3v) is 4.70. The smallest absolute Gasteiger partial charge is 0.336 e. The first-order valence-corrected chi connectivity index (χ1v) is 6.93. The van der Waals surface area contributed by atoms with Gasteiger partial charge in [-0.05, 0) is 55.4 Å². The van der Waals surface area contributed by atoms with Gasteiger partial charge in [0.2, 0.25) is 0 Å². The molecule has 4 heteroatoms. The van der Waals surface area contributed by atoms with Gasteiger partial charge < -0.3 is 5.11 Å². The summed E-state index contributed by atoms with van der Waals surface area (Å²) in [5.41, 5.74) is 2.90. The van der Waals surface area contributed by atoms with E-state index in [0.717, 1.165) is 36.1 Å². The third kappa shape index (κ3) is 1.39. The van der Waals surface area contributed by atoms with Crippen LogP contribution in [0.25, 0.3) is 10.9 Å². The molecule has 2 bridgehead atoms. The molecule has 0 spiro atoms. The van der Waals surface area contributed by atoms with Crippen molar-refractivity contribution in [1.29, 1.82) is 0 Å². The molecule has 2 aromatic rings. The molecule has 2 atom stereocenters. The summed E-state index contributed by atoms with van der Waals surface area (Å²) < 4.78 is 14.1. The molecule has 20 heavy (non-hydrogen) atoms. The summed E-state index contributed by atoms with van der Waals surface area (Å²) in [6.07, 6.45) is 3.04. The number of aryl methyl sites for hydroxylation is 1. The van der Waals surface area contributed by atoms with Crippen molar-refractivity contribution in [2.24, 2.45) is 0 Å². The minimum atomic E-state index is -0.966. The summed E-state index contributed by atoms with van der Waals surface area (Å²) >= 11 is 0. The van der Waals surface area contributed by atoms with Crippen LogP contribution in [-0.2, 0) is 0 Å². The van der Waals surface area contributed by atoms with E-state index in [2.05, 4.69) is 4.98 Å². The highest BCUT2D eigenvalue weighted by molar-refractivity contribution is 6.05. The van der Waals surface area contributed by atoms with Crippen LogP contribution in [0.2, 0.25) is 0 Å². The number of pyridine rings is 1. The van der Waals surface area contributed by atoms with Crippen LogP contribution in [0, 0.1) is 12.7 Å². The maximum Gasteiger partial charge on any atom is 0.336 e. The molecule has 1 fully saturated rings. The van der Waals surface area contributed by atoms with Crippen LogP contribution >= 0.6 is 0 Å². The van der Waals surface area contributed by atoms with Crippen LogP contribution in [0.4, 0.5) is 4.39 Å². The standard InChI is InChI=1S/C16H14FNO2/c1-7-4-10-13(16(19)20)12-8-2-3-9(6-8)14(12)18-15(10)11(17)5-7/h4-5,8-9H,2-3,6H2,1H3,(H,19,20). The van der Waals surface area contributed by atoms with Gasteiger partial charge in [0.05, 0.1) is 5.56 Å². The minimum absolute atomic E-state index is 0.208. The molecule has 1 N–H and O–H groups in total. The van der Waals surface area contributed by atoms with Gasteiger partial charge in [-0.3, -0.25) is 0 Å². The van der Waals surface area contributed by atoms with Gasteiger partial charge in [-0.1, -0.05) is 0 Å². The Kier molecular flexibility index (Phi) is 2.23. The lowest BCUT2D eigenvalue weighted by Crippen LogP contribution is -2.11. The second-order valence-electron chi connectivity index (χ2n) is 5.94. The molecule has 0 radical (unpaired) electrons. The van der Waals surface area contributed by atoms with Gasteiger partial charge in [-0.2, -0.15) is 0 Å². The molecule has 1 aromatic carbocycles. The fourth-order valence-electron chi connectivity index (χ4n) is 3.94. The molecule has 2 aliphatic carbocycles. The fraction of sp³-hybridized carbons (Fsp3) is 0.375. The number of hydrogen-bond acceptors (Lipinski definition) is 2. The van der Waals surface area contributed by atoms with Gasteiger partial charge in [-0.15, -0.1) is 0 Å². The molecule has 1 aromatic heterocycles. The van der Waals surface area contributed by atoms with Gasteiger partial charge >= 0.3 is 5.97 Å². The number of aromatic nitrogens is 1. The van der Waals surface area contributed by atoms with Crippen molar-refractivity contribution in [2.45, 2.75) is 38.0 Å². The highest BCUT2D eigenvalue weighted by Crippen LogP contribution is 2.54. The average molecular weight is 271 g/mol. The van der Waals surface area contributed by atoms with E-state index in [-0.39, 0.29) is 11.1 Å². The predicted molar refractivity (Wildman–Crippen MR) is 72.7 cm³/mol. The maximum atomic E-state index is 14.1. The molecule has 2 unspecified atom stereocenters. The van der Waals surface area contributed by atoms with E-state index in [4.69, 9.17) is 0 Å². The van der Waals surface area contributed by atoms with Crippen molar-refractivity contribution in [3.63, 3.8) is 0 Å². The predicted octanol–water partition coefficient (Wildman–Crippen LogP) is 3.75. The number of halogens is 1. The lowest BCUT2D eigenvalue weighted by atomic mass is 9.89. The largest absolute Gasteiger partial charge is 0.478 e. The zero-order valence-electron chi connectivity index (χ0n) is 11.1. The molecule has 4 rings (SSSR count). The number of hydrogen-bond donors (Lipinski definition) is 1. The van der Waals surface area contributed by atoms with Crippen molar-refractivity contribution >= 4 is 16.9 Å². The normalized spacial score (nSPS) is 23.3. The number of carboxylic acid groups (broad SMARTS) is 1. The Hall–Kier alpha value is -1.97. The monoisotopic (exact) mass is 271 g/mol. The first-order chi connectivity index (χ1) is 9.56. The van der Waals surface area contributed by atoms with Crippen LogP contribution in [0.1, 0.15) is 58.3 Å². The van der Waals surface area contributed by atoms with E-state index in [1.54, 1.807) is 13.0 Å². The SMILES string of the molecule is Cc1cc(F)c2nc3c(c(C(=O)O)c2c1)C1CCC3C1. The number of carboxylic acids is 1. The molecule has 0 aliphatic heterocycles. The maximum absolute atomic E-state index is 14.1. The van der Waals surface area contributed by atoms with E-state index < -0.39 is 11.8 Å². The van der Waals surface area contributed by atoms with E-state index in [9.17, 15) is 14.3 Å². The summed E-state index contributed by atoms with van der Waals surface area (Å²) in [5, 5.41) is 10.1. The van der Waals surface area contributed by atoms with E-state index in [0.29, 0.717) is 17.2 Å². The second-order valence-corrected chi connectivity index (χ2v) is 5.94. The van der Waals surface area contributed by atoms with Crippen LogP contribution in [0.15, 0.2) is 12.1 Å². The number of carbonyl (C=O) groups is 1. The number of aromatic carboxylic acids is 1. The van der Waals surface area contributed by atoms with Crippen LogP contribution in [-0.4, -0.2) is 16.1 Å². The Morgan fingerprint density at radius 3 is 2.85 bits per heavy atom. The van der Waals surface area contributed by atoms with Gasteiger partial charge in [0.25, 0.3) is 0 Å². The fourth-order valence-corrected chi connectivity index (χ4v) is 3.94. The zero-order chi connectivity index (χ0) is 14.0. The van der Waals surface area contributed by atoms with E-state index in [1.807, 2.05) is 0 Å². The molecule has 2 aliphatic rings. The Bertz CT molecular complexity index is 769. The summed E-state index contributed by atoms with van der Waals surface area (Å²) in [4.78, 5) is 16.2. The Labute approximate surface area is 115 Å². The second kappa shape index (κ2) is 3.78. The van der Waals surface area contributed by atoms with Crippen molar-refractivity contribution in [3.8, 4) is 0 Å². The zero-order valence-corrected chi connectivity index (χ0v) is 11.1. The van der Waals surface area contributed by atoms with Gasteiger partial charge in [-0.25, -0.2) is 14.2 Å². The number of fused-ring (bicyclic) bond motifs is 6. The molecular weight excluding hydrogens is 257 g/mol. The first kappa shape index (κ1) is 11.8. The van der Waals surface area contributed by atoms with Gasteiger partial charge in [0.15, 0.2) is 0 Å².